The molecule has 0 aliphatic carbocycles. The van der Waals surface area contributed by atoms with E-state index in [1.54, 1.807) is 0 Å². The van der Waals surface area contributed by atoms with Crippen LogP contribution in [-0.2, 0) is 17.8 Å². The molecule has 6 nitrogen and oxygen atoms in total. The van der Waals surface area contributed by atoms with Crippen molar-refractivity contribution in [3.05, 3.63) is 59.2 Å². The van der Waals surface area contributed by atoms with Crippen molar-refractivity contribution in [2.75, 3.05) is 13.2 Å². The van der Waals surface area contributed by atoms with Gasteiger partial charge in [-0.1, -0.05) is 24.3 Å². The molecule has 1 saturated heterocycles. The first-order valence-corrected chi connectivity index (χ1v) is 9.51. The highest BCUT2D eigenvalue weighted by molar-refractivity contribution is 5.77. The second kappa shape index (κ2) is 9.71. The van der Waals surface area contributed by atoms with Crippen molar-refractivity contribution < 1.29 is 27.4 Å². The standard InChI is InChI=1S/C21H24F3N3O3/c1-14-2-5-16(19(10-14)29-18-8-9-28-13-18)12-27-20(25)26-11-15-3-6-17(7-4-15)30-21(22,23)24/h2-7,10,18H,8-9,11-13H2,1H3,(H3,25,26,27). The van der Waals surface area contributed by atoms with Gasteiger partial charge < -0.3 is 25.3 Å². The van der Waals surface area contributed by atoms with E-state index in [1.165, 1.54) is 24.3 Å². The monoisotopic (exact) mass is 423 g/mol. The maximum atomic E-state index is 12.2. The maximum absolute atomic E-state index is 12.2. The summed E-state index contributed by atoms with van der Waals surface area (Å²) < 4.78 is 51.9. The molecule has 0 bridgehead atoms. The van der Waals surface area contributed by atoms with Crippen LogP contribution in [-0.4, -0.2) is 31.6 Å². The average Bonchev–Trinajstić information content (AvgIpc) is 3.19. The van der Waals surface area contributed by atoms with Crippen molar-refractivity contribution in [1.82, 2.24) is 5.32 Å². The normalized spacial score (nSPS) is 17.1. The average molecular weight is 423 g/mol. The summed E-state index contributed by atoms with van der Waals surface area (Å²) in [6, 6.07) is 11.4. The third kappa shape index (κ3) is 6.84. The Morgan fingerprint density at radius 3 is 2.67 bits per heavy atom. The molecule has 2 aromatic rings. The number of aliphatic imine (C=N–C) groups is 1. The summed E-state index contributed by atoms with van der Waals surface area (Å²) in [5.41, 5.74) is 8.67. The van der Waals surface area contributed by atoms with Crippen molar-refractivity contribution in [2.24, 2.45) is 10.7 Å². The zero-order valence-corrected chi connectivity index (χ0v) is 16.5. The molecule has 1 fully saturated rings. The van der Waals surface area contributed by atoms with E-state index in [0.29, 0.717) is 25.3 Å². The molecule has 2 aromatic carbocycles. The molecule has 0 aromatic heterocycles. The molecule has 0 amide bonds. The van der Waals surface area contributed by atoms with Gasteiger partial charge in [-0.3, -0.25) is 0 Å². The van der Waals surface area contributed by atoms with Crippen LogP contribution in [0.4, 0.5) is 13.2 Å². The van der Waals surface area contributed by atoms with Crippen LogP contribution in [0, 0.1) is 6.92 Å². The molecule has 3 rings (SSSR count). The number of halogens is 3. The summed E-state index contributed by atoms with van der Waals surface area (Å²) in [6.07, 6.45) is -3.81. The highest BCUT2D eigenvalue weighted by Gasteiger charge is 2.30. The van der Waals surface area contributed by atoms with Gasteiger partial charge in [-0.25, -0.2) is 4.99 Å². The molecule has 0 saturated carbocycles. The van der Waals surface area contributed by atoms with E-state index in [-0.39, 0.29) is 24.4 Å². The minimum Gasteiger partial charge on any atom is -0.488 e. The molecule has 0 spiro atoms. The highest BCUT2D eigenvalue weighted by Crippen LogP contribution is 2.24. The number of alkyl halides is 3. The van der Waals surface area contributed by atoms with Crippen LogP contribution in [0.3, 0.4) is 0 Å². The summed E-state index contributed by atoms with van der Waals surface area (Å²) in [5, 5.41) is 3.04. The van der Waals surface area contributed by atoms with E-state index >= 15 is 0 Å². The lowest BCUT2D eigenvalue weighted by molar-refractivity contribution is -0.274. The van der Waals surface area contributed by atoms with Crippen molar-refractivity contribution >= 4 is 5.96 Å². The number of ether oxygens (including phenoxy) is 3. The van der Waals surface area contributed by atoms with Gasteiger partial charge in [0.05, 0.1) is 19.8 Å². The maximum Gasteiger partial charge on any atom is 0.573 e. The largest absolute Gasteiger partial charge is 0.573 e. The van der Waals surface area contributed by atoms with E-state index in [9.17, 15) is 13.2 Å². The predicted molar refractivity (Wildman–Crippen MR) is 106 cm³/mol. The van der Waals surface area contributed by atoms with Crippen molar-refractivity contribution in [2.45, 2.75) is 38.9 Å². The number of rotatable bonds is 7. The third-order valence-corrected chi connectivity index (χ3v) is 4.45. The van der Waals surface area contributed by atoms with Gasteiger partial charge >= 0.3 is 6.36 Å². The van der Waals surface area contributed by atoms with Gasteiger partial charge in [0, 0.05) is 18.5 Å². The second-order valence-corrected chi connectivity index (χ2v) is 6.96. The predicted octanol–water partition coefficient (Wildman–Crippen LogP) is 3.67. The number of nitrogens with zero attached hydrogens (tertiary/aromatic N) is 1. The third-order valence-electron chi connectivity index (χ3n) is 4.45. The molecule has 1 atom stereocenters. The van der Waals surface area contributed by atoms with Crippen molar-refractivity contribution in [3.8, 4) is 11.5 Å². The van der Waals surface area contributed by atoms with Crippen LogP contribution in [0.25, 0.3) is 0 Å². The van der Waals surface area contributed by atoms with Crippen LogP contribution < -0.4 is 20.5 Å². The minimum atomic E-state index is -4.71. The number of aryl methyl sites for hydroxylation is 1. The molecule has 1 aliphatic heterocycles. The number of nitrogens with two attached hydrogens (primary N) is 1. The Balaban J connectivity index is 1.55. The molecule has 9 heteroatoms. The summed E-state index contributed by atoms with van der Waals surface area (Å²) >= 11 is 0. The number of benzene rings is 2. The summed E-state index contributed by atoms with van der Waals surface area (Å²) in [6.45, 7) is 3.93. The Kier molecular flexibility index (Phi) is 7.04. The Hall–Kier alpha value is -2.94. The zero-order valence-electron chi connectivity index (χ0n) is 16.5. The number of hydrogen-bond donors (Lipinski definition) is 2. The molecular formula is C21H24F3N3O3. The van der Waals surface area contributed by atoms with E-state index in [0.717, 1.165) is 23.3 Å². The first-order valence-electron chi connectivity index (χ1n) is 9.51. The number of guanidine groups is 1. The van der Waals surface area contributed by atoms with E-state index in [4.69, 9.17) is 15.2 Å². The van der Waals surface area contributed by atoms with Crippen LogP contribution >= 0.6 is 0 Å². The topological polar surface area (TPSA) is 78.1 Å². The molecule has 0 radical (unpaired) electrons. The summed E-state index contributed by atoms with van der Waals surface area (Å²) in [5.74, 6) is 0.730. The molecule has 1 heterocycles. The SMILES string of the molecule is Cc1ccc(CNC(N)=NCc2ccc(OC(F)(F)F)cc2)c(OC2CCOC2)c1. The summed E-state index contributed by atoms with van der Waals surface area (Å²) in [7, 11) is 0. The number of hydrogen-bond acceptors (Lipinski definition) is 4. The van der Waals surface area contributed by atoms with Gasteiger partial charge in [0.25, 0.3) is 0 Å². The fourth-order valence-corrected chi connectivity index (χ4v) is 2.92. The van der Waals surface area contributed by atoms with Crippen LogP contribution in [0.15, 0.2) is 47.5 Å². The van der Waals surface area contributed by atoms with Crippen LogP contribution in [0.5, 0.6) is 11.5 Å². The lowest BCUT2D eigenvalue weighted by atomic mass is 10.1. The fourth-order valence-electron chi connectivity index (χ4n) is 2.92. The van der Waals surface area contributed by atoms with Crippen LogP contribution in [0.2, 0.25) is 0 Å². The first kappa shape index (κ1) is 21.8. The fraction of sp³-hybridized carbons (Fsp3) is 0.381. The molecule has 162 valence electrons. The highest BCUT2D eigenvalue weighted by atomic mass is 19.4. The summed E-state index contributed by atoms with van der Waals surface area (Å²) in [4.78, 5) is 4.22. The molecule has 30 heavy (non-hydrogen) atoms. The number of nitrogens with one attached hydrogen (secondary N) is 1. The Bertz CT molecular complexity index is 864. The Labute approximate surface area is 172 Å². The quantitative estimate of drug-likeness (QED) is 0.525. The van der Waals surface area contributed by atoms with Gasteiger partial charge in [-0.05, 0) is 36.2 Å². The zero-order chi connectivity index (χ0) is 21.6. The lowest BCUT2D eigenvalue weighted by Gasteiger charge is -2.17. The van der Waals surface area contributed by atoms with E-state index in [1.807, 2.05) is 25.1 Å². The molecule has 1 aliphatic rings. The van der Waals surface area contributed by atoms with Crippen LogP contribution in [0.1, 0.15) is 23.1 Å². The lowest BCUT2D eigenvalue weighted by Crippen LogP contribution is -2.31. The van der Waals surface area contributed by atoms with Gasteiger partial charge in [-0.2, -0.15) is 0 Å². The molecule has 3 N–H and O–H groups in total. The van der Waals surface area contributed by atoms with Gasteiger partial charge in [0.15, 0.2) is 5.96 Å². The Morgan fingerprint density at radius 2 is 2.00 bits per heavy atom. The van der Waals surface area contributed by atoms with E-state index in [2.05, 4.69) is 15.0 Å². The van der Waals surface area contributed by atoms with E-state index < -0.39 is 6.36 Å². The first-order chi connectivity index (χ1) is 14.3. The minimum absolute atomic E-state index is 0.0425. The second-order valence-electron chi connectivity index (χ2n) is 6.96. The molecular weight excluding hydrogens is 399 g/mol. The van der Waals surface area contributed by atoms with Gasteiger partial charge in [0.1, 0.15) is 17.6 Å². The van der Waals surface area contributed by atoms with Crippen molar-refractivity contribution in [1.29, 1.82) is 0 Å². The van der Waals surface area contributed by atoms with Gasteiger partial charge in [0.2, 0.25) is 0 Å². The Morgan fingerprint density at radius 1 is 1.23 bits per heavy atom. The molecule has 1 unspecified atom stereocenters. The smallest absolute Gasteiger partial charge is 0.488 e. The van der Waals surface area contributed by atoms with Crippen molar-refractivity contribution in [3.63, 3.8) is 0 Å². The van der Waals surface area contributed by atoms with Gasteiger partial charge in [-0.15, -0.1) is 13.2 Å².